The second kappa shape index (κ2) is 8.56. The number of hydrogen-bond acceptors (Lipinski definition) is 4. The normalized spacial score (nSPS) is 13.5. The molecule has 1 aliphatic rings. The van der Waals surface area contributed by atoms with Gasteiger partial charge in [0.15, 0.2) is 0 Å². The largest absolute Gasteiger partial charge is 0.356 e. The maximum atomic E-state index is 12.4. The van der Waals surface area contributed by atoms with Crippen LogP contribution < -0.4 is 5.32 Å². The van der Waals surface area contributed by atoms with Gasteiger partial charge in [0, 0.05) is 43.9 Å². The summed E-state index contributed by atoms with van der Waals surface area (Å²) in [6.07, 6.45) is 4.11. The topological polar surface area (TPSA) is 67.2 Å². The Kier molecular flexibility index (Phi) is 5.71. The Hall–Kier alpha value is -2.67. The highest BCUT2D eigenvalue weighted by Crippen LogP contribution is 2.24. The molecule has 3 heterocycles. The molecule has 6 nitrogen and oxygen atoms in total. The molecule has 3 aromatic rings. The van der Waals surface area contributed by atoms with Crippen molar-refractivity contribution >= 4 is 34.2 Å². The van der Waals surface area contributed by atoms with Crippen molar-refractivity contribution in [3.8, 4) is 0 Å². The fourth-order valence-corrected chi connectivity index (χ4v) is 4.48. The van der Waals surface area contributed by atoms with E-state index in [1.807, 2.05) is 35.5 Å². The molecule has 0 saturated heterocycles. The Morgan fingerprint density at radius 2 is 2.07 bits per heavy atom. The molecule has 0 fully saturated rings. The number of para-hydroxylation sites is 2. The van der Waals surface area contributed by atoms with Gasteiger partial charge in [0.05, 0.1) is 17.4 Å². The Labute approximate surface area is 168 Å². The maximum Gasteiger partial charge on any atom is 0.223 e. The first kappa shape index (κ1) is 18.7. The van der Waals surface area contributed by atoms with E-state index in [9.17, 15) is 9.59 Å². The highest BCUT2D eigenvalue weighted by Gasteiger charge is 2.21. The molecule has 7 heteroatoms. The van der Waals surface area contributed by atoms with Gasteiger partial charge in [-0.1, -0.05) is 12.1 Å². The molecular weight excluding hydrogens is 372 g/mol. The van der Waals surface area contributed by atoms with Crippen molar-refractivity contribution < 1.29 is 9.59 Å². The van der Waals surface area contributed by atoms with E-state index in [1.165, 1.54) is 10.4 Å². The lowest BCUT2D eigenvalue weighted by atomic mass is 10.1. The van der Waals surface area contributed by atoms with Crippen molar-refractivity contribution in [1.82, 2.24) is 19.8 Å². The molecule has 4 rings (SSSR count). The lowest BCUT2D eigenvalue weighted by Crippen LogP contribution is -2.36. The van der Waals surface area contributed by atoms with Crippen LogP contribution in [0.15, 0.2) is 42.0 Å². The number of aryl methyl sites for hydroxylation is 1. The lowest BCUT2D eigenvalue weighted by Gasteiger charge is -2.27. The monoisotopic (exact) mass is 396 g/mol. The molecule has 1 aliphatic heterocycles. The number of hydrogen-bond donors (Lipinski definition) is 1. The number of benzene rings is 1. The highest BCUT2D eigenvalue weighted by molar-refractivity contribution is 7.10. The van der Waals surface area contributed by atoms with E-state index in [4.69, 9.17) is 0 Å². The smallest absolute Gasteiger partial charge is 0.223 e. The fourth-order valence-electron chi connectivity index (χ4n) is 3.59. The fraction of sp³-hybridized carbons (Fsp3) is 0.381. The van der Waals surface area contributed by atoms with Crippen molar-refractivity contribution in [2.45, 2.75) is 38.8 Å². The summed E-state index contributed by atoms with van der Waals surface area (Å²) in [6, 6.07) is 10.1. The molecule has 1 aromatic carbocycles. The van der Waals surface area contributed by atoms with Crippen LogP contribution in [-0.2, 0) is 29.1 Å². The Balaban J connectivity index is 1.15. The van der Waals surface area contributed by atoms with Gasteiger partial charge in [-0.25, -0.2) is 4.98 Å². The molecule has 1 N–H and O–H groups in total. The molecule has 0 spiro atoms. The van der Waals surface area contributed by atoms with Gasteiger partial charge in [0.1, 0.15) is 0 Å². The second-order valence-electron chi connectivity index (χ2n) is 7.06. The third-order valence-corrected chi connectivity index (χ3v) is 6.17. The van der Waals surface area contributed by atoms with Crippen molar-refractivity contribution in [2.24, 2.45) is 0 Å². The second-order valence-corrected chi connectivity index (χ2v) is 8.07. The molecule has 2 aromatic heterocycles. The van der Waals surface area contributed by atoms with Crippen LogP contribution in [0.1, 0.15) is 29.7 Å². The van der Waals surface area contributed by atoms with Gasteiger partial charge in [-0.15, -0.1) is 11.3 Å². The quantitative estimate of drug-likeness (QED) is 0.625. The predicted molar refractivity (Wildman–Crippen MR) is 110 cm³/mol. The van der Waals surface area contributed by atoms with Crippen LogP contribution in [-0.4, -0.2) is 39.4 Å². The average molecular weight is 397 g/mol. The SMILES string of the molecule is O=C(CCC(=O)N1CCc2sccc2C1)NCCCn1cnc2ccccc21. The Morgan fingerprint density at radius 1 is 1.18 bits per heavy atom. The minimum Gasteiger partial charge on any atom is -0.356 e. The number of carbonyl (C=O) groups is 2. The summed E-state index contributed by atoms with van der Waals surface area (Å²) in [5.74, 6) is 0.00829. The third-order valence-electron chi connectivity index (χ3n) is 5.15. The van der Waals surface area contributed by atoms with Crippen molar-refractivity contribution in [1.29, 1.82) is 0 Å². The Morgan fingerprint density at radius 3 is 3.00 bits per heavy atom. The standard InChI is InChI=1S/C21H24N4O2S/c26-20(6-7-21(27)24-12-8-19-16(14-24)9-13-28-19)22-10-3-11-25-15-23-17-4-1-2-5-18(17)25/h1-2,4-5,9,13,15H,3,6-8,10-12,14H2,(H,22,26). The number of imidazole rings is 1. The Bertz CT molecular complexity index is 978. The molecule has 0 atom stereocenters. The van der Waals surface area contributed by atoms with Crippen molar-refractivity contribution in [2.75, 3.05) is 13.1 Å². The predicted octanol–water partition coefficient (Wildman–Crippen LogP) is 2.97. The third kappa shape index (κ3) is 4.25. The average Bonchev–Trinajstić information content (AvgIpc) is 3.35. The molecule has 2 amide bonds. The van der Waals surface area contributed by atoms with Crippen LogP contribution in [0.3, 0.4) is 0 Å². The minimum atomic E-state index is -0.0583. The minimum absolute atomic E-state index is 0.0583. The zero-order valence-corrected chi connectivity index (χ0v) is 16.6. The van der Waals surface area contributed by atoms with Gasteiger partial charge in [-0.05, 0) is 42.0 Å². The molecular formula is C21H24N4O2S. The van der Waals surface area contributed by atoms with Crippen molar-refractivity contribution in [3.63, 3.8) is 0 Å². The van der Waals surface area contributed by atoms with E-state index in [0.717, 1.165) is 37.0 Å². The lowest BCUT2D eigenvalue weighted by molar-refractivity contribution is -0.134. The van der Waals surface area contributed by atoms with Gasteiger partial charge >= 0.3 is 0 Å². The summed E-state index contributed by atoms with van der Waals surface area (Å²) >= 11 is 1.76. The number of nitrogens with zero attached hydrogens (tertiary/aromatic N) is 3. The first-order chi connectivity index (χ1) is 13.7. The first-order valence-corrected chi connectivity index (χ1v) is 10.6. The van der Waals surface area contributed by atoms with Crippen LogP contribution in [0.2, 0.25) is 0 Å². The van der Waals surface area contributed by atoms with Crippen LogP contribution >= 0.6 is 11.3 Å². The molecule has 146 valence electrons. The van der Waals surface area contributed by atoms with Crippen LogP contribution in [0.4, 0.5) is 0 Å². The zero-order chi connectivity index (χ0) is 19.3. The number of amides is 2. The molecule has 28 heavy (non-hydrogen) atoms. The maximum absolute atomic E-state index is 12.4. The van der Waals surface area contributed by atoms with Crippen LogP contribution in [0, 0.1) is 0 Å². The summed E-state index contributed by atoms with van der Waals surface area (Å²) in [6.45, 7) is 2.84. The van der Waals surface area contributed by atoms with E-state index in [-0.39, 0.29) is 24.7 Å². The van der Waals surface area contributed by atoms with Gasteiger partial charge in [-0.2, -0.15) is 0 Å². The van der Waals surface area contributed by atoms with Crippen molar-refractivity contribution in [3.05, 3.63) is 52.5 Å². The van der Waals surface area contributed by atoms with E-state index < -0.39 is 0 Å². The van der Waals surface area contributed by atoms with Gasteiger partial charge in [0.2, 0.25) is 11.8 Å². The summed E-state index contributed by atoms with van der Waals surface area (Å²) in [7, 11) is 0. The number of nitrogens with one attached hydrogen (secondary N) is 1. The van der Waals surface area contributed by atoms with Crippen LogP contribution in [0.25, 0.3) is 11.0 Å². The summed E-state index contributed by atoms with van der Waals surface area (Å²) in [5.41, 5.74) is 3.34. The van der Waals surface area contributed by atoms with Gasteiger partial charge < -0.3 is 14.8 Å². The number of rotatable bonds is 7. The number of thiophene rings is 1. The summed E-state index contributed by atoms with van der Waals surface area (Å²) in [5, 5.41) is 5.00. The van der Waals surface area contributed by atoms with Gasteiger partial charge in [0.25, 0.3) is 0 Å². The van der Waals surface area contributed by atoms with E-state index in [0.29, 0.717) is 13.1 Å². The highest BCUT2D eigenvalue weighted by atomic mass is 32.1. The van der Waals surface area contributed by atoms with E-state index in [2.05, 4.69) is 26.3 Å². The molecule has 0 bridgehead atoms. The van der Waals surface area contributed by atoms with Crippen LogP contribution in [0.5, 0.6) is 0 Å². The van der Waals surface area contributed by atoms with E-state index in [1.54, 1.807) is 11.3 Å². The molecule has 0 radical (unpaired) electrons. The summed E-state index contributed by atoms with van der Waals surface area (Å²) in [4.78, 5) is 32.1. The van der Waals surface area contributed by atoms with E-state index >= 15 is 0 Å². The number of fused-ring (bicyclic) bond motifs is 2. The number of carbonyl (C=O) groups excluding carboxylic acids is 2. The summed E-state index contributed by atoms with van der Waals surface area (Å²) < 4.78 is 2.10. The van der Waals surface area contributed by atoms with Gasteiger partial charge in [-0.3, -0.25) is 9.59 Å². The molecule has 0 saturated carbocycles. The molecule has 0 aliphatic carbocycles. The molecule has 0 unspecified atom stereocenters. The zero-order valence-electron chi connectivity index (χ0n) is 15.8. The number of aromatic nitrogens is 2. The first-order valence-electron chi connectivity index (χ1n) is 9.70.